The number of halogens is 1. The summed E-state index contributed by atoms with van der Waals surface area (Å²) in [6.07, 6.45) is 0. The molecule has 0 aromatic carbocycles. The molecule has 0 radical (unpaired) electrons. The normalized spacial score (nSPS) is 10.8. The van der Waals surface area contributed by atoms with Gasteiger partial charge in [0.25, 0.3) is 0 Å². The molecule has 1 rings (SSSR count). The molecule has 0 bridgehead atoms. The monoisotopic (exact) mass is 216 g/mol. The Morgan fingerprint density at radius 3 is 2.77 bits per heavy atom. The lowest BCUT2D eigenvalue weighted by Gasteiger charge is -2.04. The summed E-state index contributed by atoms with van der Waals surface area (Å²) in [7, 11) is 0. The molecule has 0 aliphatic carbocycles. The number of thioether (sulfide) groups is 1. The van der Waals surface area contributed by atoms with E-state index in [2.05, 4.69) is 18.8 Å². The van der Waals surface area contributed by atoms with Crippen molar-refractivity contribution in [1.82, 2.24) is 4.98 Å². The first-order chi connectivity index (χ1) is 6.08. The summed E-state index contributed by atoms with van der Waals surface area (Å²) in [5.74, 6) is 1.68. The number of nitrogens with two attached hydrogens (primary N) is 1. The van der Waals surface area contributed by atoms with Crippen LogP contribution in [0.4, 0.5) is 5.69 Å². The Balaban J connectivity index is 2.66. The molecule has 72 valence electrons. The van der Waals surface area contributed by atoms with Gasteiger partial charge in [-0.05, 0) is 18.1 Å². The molecule has 0 atom stereocenters. The fourth-order valence-electron chi connectivity index (χ4n) is 0.818. The molecule has 0 amide bonds. The van der Waals surface area contributed by atoms with Gasteiger partial charge in [0.15, 0.2) is 0 Å². The molecule has 1 heterocycles. The number of nitrogens with zero attached hydrogens (tertiary/aromatic N) is 1. The predicted octanol–water partition coefficient (Wildman–Crippen LogP) is 3.07. The summed E-state index contributed by atoms with van der Waals surface area (Å²) in [5, 5.41) is 1.37. The van der Waals surface area contributed by atoms with Crippen molar-refractivity contribution in [3.05, 3.63) is 17.3 Å². The zero-order valence-corrected chi connectivity index (χ0v) is 9.32. The van der Waals surface area contributed by atoms with Gasteiger partial charge in [-0.25, -0.2) is 4.98 Å². The van der Waals surface area contributed by atoms with Gasteiger partial charge in [-0.15, -0.1) is 11.8 Å². The van der Waals surface area contributed by atoms with Crippen LogP contribution in [0, 0.1) is 5.92 Å². The maximum Gasteiger partial charge on any atom is 0.132 e. The van der Waals surface area contributed by atoms with E-state index in [1.165, 1.54) is 0 Å². The van der Waals surface area contributed by atoms with E-state index in [1.54, 1.807) is 17.8 Å². The zero-order chi connectivity index (χ0) is 9.84. The number of hydrogen-bond donors (Lipinski definition) is 1. The number of aromatic nitrogens is 1. The van der Waals surface area contributed by atoms with Crippen LogP contribution in [0.1, 0.15) is 13.8 Å². The van der Waals surface area contributed by atoms with Gasteiger partial charge < -0.3 is 5.73 Å². The molecule has 4 heteroatoms. The van der Waals surface area contributed by atoms with Gasteiger partial charge in [0.05, 0.1) is 5.03 Å². The van der Waals surface area contributed by atoms with E-state index in [1.807, 2.05) is 6.07 Å². The number of anilines is 1. The van der Waals surface area contributed by atoms with Crippen LogP contribution in [-0.4, -0.2) is 10.7 Å². The Morgan fingerprint density at radius 1 is 1.54 bits per heavy atom. The van der Waals surface area contributed by atoms with Gasteiger partial charge in [-0.2, -0.15) is 0 Å². The van der Waals surface area contributed by atoms with Crippen LogP contribution >= 0.6 is 23.4 Å². The van der Waals surface area contributed by atoms with Crippen LogP contribution in [0.25, 0.3) is 0 Å². The van der Waals surface area contributed by atoms with E-state index in [-0.39, 0.29) is 0 Å². The summed E-state index contributed by atoms with van der Waals surface area (Å²) >= 11 is 7.44. The molecule has 0 saturated heterocycles. The number of hydrogen-bond acceptors (Lipinski definition) is 3. The standard InChI is InChI=1S/C9H13ClN2S/c1-6(2)5-13-9-4-7(11)3-8(10)12-9/h3-4,6H,5H2,1-2H3,(H2,11,12). The molecule has 13 heavy (non-hydrogen) atoms. The lowest BCUT2D eigenvalue weighted by molar-refractivity contribution is 0.749. The lowest BCUT2D eigenvalue weighted by atomic mass is 10.3. The summed E-state index contributed by atoms with van der Waals surface area (Å²) in [5.41, 5.74) is 6.30. The Hall–Kier alpha value is -0.410. The van der Waals surface area contributed by atoms with Crippen molar-refractivity contribution < 1.29 is 0 Å². The van der Waals surface area contributed by atoms with Crippen LogP contribution in [0.15, 0.2) is 17.2 Å². The summed E-state index contributed by atoms with van der Waals surface area (Å²) in [6, 6.07) is 3.50. The molecule has 0 saturated carbocycles. The van der Waals surface area contributed by atoms with Crippen LogP contribution in [0.3, 0.4) is 0 Å². The Morgan fingerprint density at radius 2 is 2.23 bits per heavy atom. The summed E-state index contributed by atoms with van der Waals surface area (Å²) in [6.45, 7) is 4.34. The zero-order valence-electron chi connectivity index (χ0n) is 7.75. The van der Waals surface area contributed by atoms with Crippen molar-refractivity contribution in [3.8, 4) is 0 Å². The molecule has 0 aliphatic rings. The van der Waals surface area contributed by atoms with Crippen molar-refractivity contribution in [1.29, 1.82) is 0 Å². The first-order valence-corrected chi connectivity index (χ1v) is 5.50. The third kappa shape index (κ3) is 3.87. The summed E-state index contributed by atoms with van der Waals surface area (Å²) < 4.78 is 0. The van der Waals surface area contributed by atoms with Crippen molar-refractivity contribution in [3.63, 3.8) is 0 Å². The molecule has 2 N–H and O–H groups in total. The van der Waals surface area contributed by atoms with Gasteiger partial charge in [0.1, 0.15) is 5.15 Å². The molecular weight excluding hydrogens is 204 g/mol. The highest BCUT2D eigenvalue weighted by Gasteiger charge is 2.01. The maximum absolute atomic E-state index is 5.76. The Labute approximate surface area is 87.9 Å². The molecule has 0 aliphatic heterocycles. The van der Waals surface area contributed by atoms with E-state index in [0.717, 1.165) is 10.8 Å². The van der Waals surface area contributed by atoms with E-state index in [9.17, 15) is 0 Å². The van der Waals surface area contributed by atoms with Crippen LogP contribution in [0.5, 0.6) is 0 Å². The molecule has 0 fully saturated rings. The summed E-state index contributed by atoms with van der Waals surface area (Å²) in [4.78, 5) is 4.15. The Bertz CT molecular complexity index is 269. The minimum absolute atomic E-state index is 0.464. The van der Waals surface area contributed by atoms with Crippen molar-refractivity contribution >= 4 is 29.1 Å². The van der Waals surface area contributed by atoms with Crippen molar-refractivity contribution in [2.24, 2.45) is 5.92 Å². The van der Waals surface area contributed by atoms with E-state index >= 15 is 0 Å². The molecular formula is C9H13ClN2S. The largest absolute Gasteiger partial charge is 0.399 e. The van der Waals surface area contributed by atoms with E-state index in [4.69, 9.17) is 17.3 Å². The van der Waals surface area contributed by atoms with Crippen LogP contribution in [-0.2, 0) is 0 Å². The first kappa shape index (κ1) is 10.7. The highest BCUT2D eigenvalue weighted by Crippen LogP contribution is 2.22. The number of nitrogen functional groups attached to an aromatic ring is 1. The molecule has 2 nitrogen and oxygen atoms in total. The average Bonchev–Trinajstić information content (AvgIpc) is 1.99. The molecule has 0 unspecified atom stereocenters. The minimum Gasteiger partial charge on any atom is -0.399 e. The predicted molar refractivity (Wildman–Crippen MR) is 59.2 cm³/mol. The number of pyridine rings is 1. The third-order valence-corrected chi connectivity index (χ3v) is 2.89. The smallest absolute Gasteiger partial charge is 0.132 e. The SMILES string of the molecule is CC(C)CSc1cc(N)cc(Cl)n1. The van der Waals surface area contributed by atoms with Gasteiger partial charge >= 0.3 is 0 Å². The average molecular weight is 217 g/mol. The molecule has 1 aromatic rings. The van der Waals surface area contributed by atoms with Crippen LogP contribution < -0.4 is 5.73 Å². The minimum atomic E-state index is 0.464. The lowest BCUT2D eigenvalue weighted by Crippen LogP contribution is -1.93. The molecule has 0 spiro atoms. The highest BCUT2D eigenvalue weighted by atomic mass is 35.5. The quantitative estimate of drug-likeness (QED) is 0.624. The first-order valence-electron chi connectivity index (χ1n) is 4.14. The third-order valence-electron chi connectivity index (χ3n) is 1.36. The van der Waals surface area contributed by atoms with E-state index < -0.39 is 0 Å². The fourth-order valence-corrected chi connectivity index (χ4v) is 1.97. The van der Waals surface area contributed by atoms with Crippen LogP contribution in [0.2, 0.25) is 5.15 Å². The van der Waals surface area contributed by atoms with Crippen molar-refractivity contribution in [2.45, 2.75) is 18.9 Å². The second-order valence-electron chi connectivity index (χ2n) is 3.27. The van der Waals surface area contributed by atoms with Gasteiger partial charge in [-0.3, -0.25) is 0 Å². The van der Waals surface area contributed by atoms with Crippen molar-refractivity contribution in [2.75, 3.05) is 11.5 Å². The number of rotatable bonds is 3. The van der Waals surface area contributed by atoms with E-state index in [0.29, 0.717) is 16.8 Å². The maximum atomic E-state index is 5.76. The second-order valence-corrected chi connectivity index (χ2v) is 4.69. The van der Waals surface area contributed by atoms with Gasteiger partial charge in [0.2, 0.25) is 0 Å². The topological polar surface area (TPSA) is 38.9 Å². The molecule has 1 aromatic heterocycles. The second kappa shape index (κ2) is 4.72. The highest BCUT2D eigenvalue weighted by molar-refractivity contribution is 7.99. The fraction of sp³-hybridized carbons (Fsp3) is 0.444. The van der Waals surface area contributed by atoms with Gasteiger partial charge in [-0.1, -0.05) is 25.4 Å². The Kier molecular flexibility index (Phi) is 3.88. The van der Waals surface area contributed by atoms with Gasteiger partial charge in [0, 0.05) is 11.4 Å².